The number of rotatable bonds is 5. The monoisotopic (exact) mass is 364 g/mol. The summed E-state index contributed by atoms with van der Waals surface area (Å²) in [5, 5.41) is 0. The summed E-state index contributed by atoms with van der Waals surface area (Å²) in [5.74, 6) is 0.142. The first kappa shape index (κ1) is 19.2. The van der Waals surface area contributed by atoms with Crippen molar-refractivity contribution in [2.45, 2.75) is 25.5 Å². The van der Waals surface area contributed by atoms with Gasteiger partial charge in [0.1, 0.15) is 18.2 Å². The smallest absolute Gasteiger partial charge is 0.254 e. The lowest BCUT2D eigenvalue weighted by molar-refractivity contribution is 0.0741. The van der Waals surface area contributed by atoms with E-state index < -0.39 is 0 Å². The molecule has 1 saturated heterocycles. The molecule has 0 spiro atoms. The number of likely N-dealkylation sites (tertiary alicyclic amines) is 1. The molecule has 0 saturated carbocycles. The number of benzene rings is 2. The minimum Gasteiger partial charge on any atom is -0.489 e. The summed E-state index contributed by atoms with van der Waals surface area (Å²) in [6.45, 7) is 1.53. The van der Waals surface area contributed by atoms with E-state index >= 15 is 0 Å². The first-order valence-electron chi connectivity index (χ1n) is 8.15. The molecule has 1 aliphatic rings. The van der Waals surface area contributed by atoms with Crippen molar-refractivity contribution in [1.82, 2.24) is 4.90 Å². The second-order valence-electron chi connectivity index (χ2n) is 5.98. The fraction of sp³-hybridized carbons (Fsp3) is 0.316. The van der Waals surface area contributed by atoms with Gasteiger partial charge in [-0.1, -0.05) is 18.2 Å². The standard InChI is InChI=1S/C19H21FN2O2.ClH/c20-16-6-2-8-18(11-16)24-13-14-4-1-5-15(10-14)19(23)22-9-3-7-17(22)12-21;/h1-2,4-6,8,10-11,17H,3,7,9,12-13,21H2;1H. The van der Waals surface area contributed by atoms with Crippen molar-refractivity contribution in [3.05, 3.63) is 65.5 Å². The lowest BCUT2D eigenvalue weighted by Crippen LogP contribution is -2.39. The van der Waals surface area contributed by atoms with E-state index in [0.29, 0.717) is 17.9 Å². The molecular formula is C19H22ClFN2O2. The highest BCUT2D eigenvalue weighted by atomic mass is 35.5. The van der Waals surface area contributed by atoms with E-state index in [1.165, 1.54) is 12.1 Å². The van der Waals surface area contributed by atoms with E-state index in [1.54, 1.807) is 18.2 Å². The fourth-order valence-corrected chi connectivity index (χ4v) is 3.03. The quantitative estimate of drug-likeness (QED) is 0.884. The van der Waals surface area contributed by atoms with Crippen molar-refractivity contribution < 1.29 is 13.9 Å². The maximum atomic E-state index is 13.2. The van der Waals surface area contributed by atoms with E-state index in [9.17, 15) is 9.18 Å². The molecule has 6 heteroatoms. The van der Waals surface area contributed by atoms with E-state index in [1.807, 2.05) is 23.1 Å². The van der Waals surface area contributed by atoms with Crippen LogP contribution in [0.25, 0.3) is 0 Å². The molecule has 1 unspecified atom stereocenters. The molecule has 1 heterocycles. The number of hydrogen-bond acceptors (Lipinski definition) is 3. The molecular weight excluding hydrogens is 343 g/mol. The maximum absolute atomic E-state index is 13.2. The number of ether oxygens (including phenoxy) is 1. The largest absolute Gasteiger partial charge is 0.489 e. The summed E-state index contributed by atoms with van der Waals surface area (Å²) >= 11 is 0. The number of nitrogens with two attached hydrogens (primary N) is 1. The Bertz CT molecular complexity index is 726. The van der Waals surface area contributed by atoms with Crippen molar-refractivity contribution in [3.63, 3.8) is 0 Å². The Kier molecular flexibility index (Phi) is 6.79. The number of amides is 1. The van der Waals surface area contributed by atoms with Crippen LogP contribution in [0.4, 0.5) is 4.39 Å². The highest BCUT2D eigenvalue weighted by molar-refractivity contribution is 5.94. The highest BCUT2D eigenvalue weighted by Gasteiger charge is 2.28. The second-order valence-corrected chi connectivity index (χ2v) is 5.98. The van der Waals surface area contributed by atoms with Gasteiger partial charge in [0.2, 0.25) is 0 Å². The van der Waals surface area contributed by atoms with Crippen molar-refractivity contribution in [3.8, 4) is 5.75 Å². The van der Waals surface area contributed by atoms with Crippen LogP contribution in [-0.4, -0.2) is 29.9 Å². The Labute approximate surface area is 153 Å². The maximum Gasteiger partial charge on any atom is 0.254 e. The van der Waals surface area contributed by atoms with E-state index in [4.69, 9.17) is 10.5 Å². The summed E-state index contributed by atoms with van der Waals surface area (Å²) in [6, 6.07) is 13.5. The molecule has 0 bridgehead atoms. The Morgan fingerprint density at radius 2 is 2.04 bits per heavy atom. The van der Waals surface area contributed by atoms with Crippen LogP contribution < -0.4 is 10.5 Å². The second kappa shape index (κ2) is 8.83. The third-order valence-electron chi connectivity index (χ3n) is 4.29. The van der Waals surface area contributed by atoms with E-state index in [2.05, 4.69) is 0 Å². The fourth-order valence-electron chi connectivity index (χ4n) is 3.03. The van der Waals surface area contributed by atoms with Gasteiger partial charge in [0.25, 0.3) is 5.91 Å². The normalized spacial score (nSPS) is 16.4. The summed E-state index contributed by atoms with van der Waals surface area (Å²) in [6.07, 6.45) is 1.96. The predicted octanol–water partition coefficient (Wildman–Crippen LogP) is 3.39. The van der Waals surface area contributed by atoms with Crippen molar-refractivity contribution in [1.29, 1.82) is 0 Å². The van der Waals surface area contributed by atoms with Gasteiger partial charge in [-0.3, -0.25) is 4.79 Å². The molecule has 3 rings (SSSR count). The van der Waals surface area contributed by atoms with Gasteiger partial charge in [-0.15, -0.1) is 12.4 Å². The molecule has 0 aromatic heterocycles. The molecule has 4 nitrogen and oxygen atoms in total. The lowest BCUT2D eigenvalue weighted by atomic mass is 10.1. The molecule has 1 fully saturated rings. The van der Waals surface area contributed by atoms with Crippen molar-refractivity contribution in [2.75, 3.05) is 13.1 Å². The number of nitrogens with zero attached hydrogens (tertiary/aromatic N) is 1. The van der Waals surface area contributed by atoms with Crippen LogP contribution in [0.1, 0.15) is 28.8 Å². The summed E-state index contributed by atoms with van der Waals surface area (Å²) in [4.78, 5) is 14.5. The average Bonchev–Trinajstić information content (AvgIpc) is 3.08. The Morgan fingerprint density at radius 1 is 1.24 bits per heavy atom. The van der Waals surface area contributed by atoms with Gasteiger partial charge in [-0.2, -0.15) is 0 Å². The first-order chi connectivity index (χ1) is 11.7. The first-order valence-corrected chi connectivity index (χ1v) is 8.15. The van der Waals surface area contributed by atoms with Gasteiger partial charge in [0.15, 0.2) is 0 Å². The highest BCUT2D eigenvalue weighted by Crippen LogP contribution is 2.20. The lowest BCUT2D eigenvalue weighted by Gasteiger charge is -2.23. The number of halogens is 2. The zero-order valence-corrected chi connectivity index (χ0v) is 14.7. The minimum atomic E-state index is -0.335. The van der Waals surface area contributed by atoms with Crippen LogP contribution in [0.5, 0.6) is 5.75 Å². The predicted molar refractivity (Wildman–Crippen MR) is 97.5 cm³/mol. The minimum absolute atomic E-state index is 0. The van der Waals surface area contributed by atoms with Gasteiger partial charge in [-0.05, 0) is 42.7 Å². The third-order valence-corrected chi connectivity index (χ3v) is 4.29. The molecule has 0 radical (unpaired) electrons. The third kappa shape index (κ3) is 4.71. The number of carbonyl (C=O) groups excluding carboxylic acids is 1. The summed E-state index contributed by atoms with van der Waals surface area (Å²) in [5.41, 5.74) is 7.25. The van der Waals surface area contributed by atoms with Crippen molar-refractivity contribution >= 4 is 18.3 Å². The molecule has 1 aliphatic heterocycles. The average molecular weight is 365 g/mol. The van der Waals surface area contributed by atoms with Gasteiger partial charge in [0.05, 0.1) is 0 Å². The Morgan fingerprint density at radius 3 is 2.80 bits per heavy atom. The van der Waals surface area contributed by atoms with Crippen LogP contribution >= 0.6 is 12.4 Å². The van der Waals surface area contributed by atoms with Crippen LogP contribution in [-0.2, 0) is 6.61 Å². The molecule has 2 aromatic carbocycles. The SMILES string of the molecule is Cl.NCC1CCCN1C(=O)c1cccc(COc2cccc(F)c2)c1. The van der Waals surface area contributed by atoms with Crippen LogP contribution in [0.2, 0.25) is 0 Å². The van der Waals surface area contributed by atoms with Gasteiger partial charge < -0.3 is 15.4 Å². The number of hydrogen-bond donors (Lipinski definition) is 1. The molecule has 1 atom stereocenters. The van der Waals surface area contributed by atoms with E-state index in [-0.39, 0.29) is 36.8 Å². The van der Waals surface area contributed by atoms with Gasteiger partial charge in [0, 0.05) is 30.8 Å². The van der Waals surface area contributed by atoms with Gasteiger partial charge in [-0.25, -0.2) is 4.39 Å². The Balaban J connectivity index is 0.00000225. The molecule has 0 aliphatic carbocycles. The van der Waals surface area contributed by atoms with Crippen LogP contribution in [0, 0.1) is 5.82 Å². The van der Waals surface area contributed by atoms with Crippen LogP contribution in [0.3, 0.4) is 0 Å². The number of carbonyl (C=O) groups is 1. The van der Waals surface area contributed by atoms with E-state index in [0.717, 1.165) is 24.9 Å². The topological polar surface area (TPSA) is 55.6 Å². The Hall–Kier alpha value is -2.11. The summed E-state index contributed by atoms with van der Waals surface area (Å²) in [7, 11) is 0. The molecule has 2 N–H and O–H groups in total. The van der Waals surface area contributed by atoms with Crippen molar-refractivity contribution in [2.24, 2.45) is 5.73 Å². The molecule has 2 aromatic rings. The summed E-state index contributed by atoms with van der Waals surface area (Å²) < 4.78 is 18.8. The van der Waals surface area contributed by atoms with Crippen LogP contribution in [0.15, 0.2) is 48.5 Å². The zero-order chi connectivity index (χ0) is 16.9. The molecule has 134 valence electrons. The van der Waals surface area contributed by atoms with Gasteiger partial charge >= 0.3 is 0 Å². The zero-order valence-electron chi connectivity index (χ0n) is 13.9. The molecule has 1 amide bonds. The molecule has 25 heavy (non-hydrogen) atoms.